The molecule has 3 aromatic rings. The summed E-state index contributed by atoms with van der Waals surface area (Å²) >= 11 is 0. The van der Waals surface area contributed by atoms with Crippen LogP contribution in [0, 0.1) is 11.3 Å². The molecular weight excluding hydrogens is 476 g/mol. The van der Waals surface area contributed by atoms with Gasteiger partial charge in [0, 0.05) is 30.0 Å². The molecule has 1 aromatic heterocycles. The standard InChI is InChI=1S/C31H40N4O3/c1-4-13-31(6-3)14-16-35(17-15-31)18-19-37-25-10-7-23(8-11-25)30-32-26-12-9-24(20-27(26)38-30)29-22(5-2)21-28(36)33-34-29/h7-12,20,22H,4-6,13-19,21H2,1-3H3,(H,33,36). The molecule has 3 heterocycles. The number of benzene rings is 2. The molecule has 2 aliphatic rings. The number of aromatic nitrogens is 1. The highest BCUT2D eigenvalue weighted by Crippen LogP contribution is 2.39. The predicted octanol–water partition coefficient (Wildman–Crippen LogP) is 6.42. The molecule has 1 saturated heterocycles. The number of nitrogens with zero attached hydrogens (tertiary/aromatic N) is 3. The highest BCUT2D eigenvalue weighted by Gasteiger charge is 2.31. The van der Waals surface area contributed by atoms with Crippen molar-refractivity contribution in [1.29, 1.82) is 0 Å². The second-order valence-electron chi connectivity index (χ2n) is 10.9. The van der Waals surface area contributed by atoms with Crippen LogP contribution in [0.5, 0.6) is 5.75 Å². The number of piperidine rings is 1. The number of amides is 1. The van der Waals surface area contributed by atoms with Crippen LogP contribution < -0.4 is 10.2 Å². The third-order valence-corrected chi connectivity index (χ3v) is 8.52. The maximum absolute atomic E-state index is 11.7. The van der Waals surface area contributed by atoms with Gasteiger partial charge in [0.25, 0.3) is 0 Å². The van der Waals surface area contributed by atoms with E-state index >= 15 is 0 Å². The van der Waals surface area contributed by atoms with Gasteiger partial charge in [0.2, 0.25) is 11.8 Å². The Bertz CT molecular complexity index is 1270. The second-order valence-corrected chi connectivity index (χ2v) is 10.9. The molecule has 2 aromatic carbocycles. The van der Waals surface area contributed by atoms with E-state index in [1.54, 1.807) is 0 Å². The highest BCUT2D eigenvalue weighted by molar-refractivity contribution is 6.07. The van der Waals surface area contributed by atoms with Gasteiger partial charge in [-0.25, -0.2) is 10.4 Å². The molecule has 7 heteroatoms. The van der Waals surface area contributed by atoms with E-state index in [2.05, 4.69) is 41.2 Å². The number of hydrazone groups is 1. The quantitative estimate of drug-likeness (QED) is 0.337. The molecule has 202 valence electrons. The van der Waals surface area contributed by atoms with E-state index in [1.807, 2.05) is 42.5 Å². The minimum absolute atomic E-state index is 0.0343. The van der Waals surface area contributed by atoms with Crippen molar-refractivity contribution in [2.45, 2.75) is 65.7 Å². The van der Waals surface area contributed by atoms with Crippen molar-refractivity contribution in [3.63, 3.8) is 0 Å². The Balaban J connectivity index is 1.18. The van der Waals surface area contributed by atoms with E-state index in [0.717, 1.165) is 41.1 Å². The topological polar surface area (TPSA) is 80.0 Å². The van der Waals surface area contributed by atoms with E-state index < -0.39 is 0 Å². The Morgan fingerprint density at radius 1 is 1.08 bits per heavy atom. The van der Waals surface area contributed by atoms with Crippen LogP contribution in [0.15, 0.2) is 52.0 Å². The number of fused-ring (bicyclic) bond motifs is 1. The number of nitrogens with one attached hydrogen (secondary N) is 1. The summed E-state index contributed by atoms with van der Waals surface area (Å²) in [7, 11) is 0. The monoisotopic (exact) mass is 516 g/mol. The molecule has 1 fully saturated rings. The minimum Gasteiger partial charge on any atom is -0.492 e. The second kappa shape index (κ2) is 11.7. The van der Waals surface area contributed by atoms with Crippen LogP contribution >= 0.6 is 0 Å². The van der Waals surface area contributed by atoms with Crippen LogP contribution in [0.1, 0.15) is 71.3 Å². The summed E-state index contributed by atoms with van der Waals surface area (Å²) in [6.45, 7) is 10.8. The predicted molar refractivity (Wildman–Crippen MR) is 151 cm³/mol. The lowest BCUT2D eigenvalue weighted by atomic mass is 9.73. The average molecular weight is 517 g/mol. The van der Waals surface area contributed by atoms with Crippen molar-refractivity contribution in [3.05, 3.63) is 48.0 Å². The fraction of sp³-hybridized carbons (Fsp3) is 0.516. The van der Waals surface area contributed by atoms with Crippen LogP contribution in [0.2, 0.25) is 0 Å². The summed E-state index contributed by atoms with van der Waals surface area (Å²) in [6.07, 6.45) is 7.87. The summed E-state index contributed by atoms with van der Waals surface area (Å²) < 4.78 is 12.2. The smallest absolute Gasteiger partial charge is 0.240 e. The van der Waals surface area contributed by atoms with E-state index in [0.29, 0.717) is 29.9 Å². The first-order valence-corrected chi connectivity index (χ1v) is 14.3. The first kappa shape index (κ1) is 26.4. The van der Waals surface area contributed by atoms with Gasteiger partial charge < -0.3 is 9.15 Å². The zero-order valence-corrected chi connectivity index (χ0v) is 23.0. The van der Waals surface area contributed by atoms with Crippen molar-refractivity contribution >= 4 is 22.7 Å². The van der Waals surface area contributed by atoms with Gasteiger partial charge in [-0.1, -0.05) is 39.7 Å². The normalized spacial score (nSPS) is 19.8. The Morgan fingerprint density at radius 3 is 2.55 bits per heavy atom. The van der Waals surface area contributed by atoms with Crippen molar-refractivity contribution < 1.29 is 13.9 Å². The zero-order chi connectivity index (χ0) is 26.5. The third-order valence-electron chi connectivity index (χ3n) is 8.52. The molecule has 5 rings (SSSR count). The van der Waals surface area contributed by atoms with Gasteiger partial charge in [0.15, 0.2) is 5.58 Å². The molecule has 1 atom stereocenters. The maximum Gasteiger partial charge on any atom is 0.240 e. The van der Waals surface area contributed by atoms with Crippen LogP contribution in [-0.2, 0) is 4.79 Å². The molecule has 0 aliphatic carbocycles. The van der Waals surface area contributed by atoms with E-state index in [-0.39, 0.29) is 11.8 Å². The lowest BCUT2D eigenvalue weighted by Gasteiger charge is -2.41. The third kappa shape index (κ3) is 5.78. The highest BCUT2D eigenvalue weighted by atomic mass is 16.5. The number of likely N-dealkylation sites (tertiary alicyclic amines) is 1. The molecule has 7 nitrogen and oxygen atoms in total. The summed E-state index contributed by atoms with van der Waals surface area (Å²) in [5, 5.41) is 4.32. The molecule has 1 unspecified atom stereocenters. The first-order valence-electron chi connectivity index (χ1n) is 14.3. The number of carbonyl (C=O) groups excluding carboxylic acids is 1. The van der Waals surface area contributed by atoms with E-state index in [4.69, 9.17) is 9.15 Å². The lowest BCUT2D eigenvalue weighted by Crippen LogP contribution is -2.41. The van der Waals surface area contributed by atoms with Crippen LogP contribution in [0.3, 0.4) is 0 Å². The Morgan fingerprint density at radius 2 is 1.84 bits per heavy atom. The van der Waals surface area contributed by atoms with Gasteiger partial charge in [-0.2, -0.15) is 5.10 Å². The number of rotatable bonds is 10. The molecular formula is C31H40N4O3. The van der Waals surface area contributed by atoms with Crippen molar-refractivity contribution in [2.24, 2.45) is 16.4 Å². The van der Waals surface area contributed by atoms with Gasteiger partial charge in [0.1, 0.15) is 17.9 Å². The number of hydrogen-bond acceptors (Lipinski definition) is 6. The van der Waals surface area contributed by atoms with Gasteiger partial charge in [-0.15, -0.1) is 0 Å². The Hall–Kier alpha value is -3.19. The summed E-state index contributed by atoms with van der Waals surface area (Å²) in [5.74, 6) is 1.51. The summed E-state index contributed by atoms with van der Waals surface area (Å²) in [4.78, 5) is 19.0. The molecule has 0 bridgehead atoms. The average Bonchev–Trinajstić information content (AvgIpc) is 3.38. The van der Waals surface area contributed by atoms with Crippen LogP contribution in [0.25, 0.3) is 22.6 Å². The lowest BCUT2D eigenvalue weighted by molar-refractivity contribution is -0.122. The largest absolute Gasteiger partial charge is 0.492 e. The van der Waals surface area contributed by atoms with Crippen molar-refractivity contribution in [1.82, 2.24) is 15.3 Å². The fourth-order valence-corrected chi connectivity index (χ4v) is 5.97. The first-order chi connectivity index (χ1) is 18.5. The molecule has 0 spiro atoms. The zero-order valence-electron chi connectivity index (χ0n) is 23.0. The molecule has 38 heavy (non-hydrogen) atoms. The Labute approximate surface area is 225 Å². The van der Waals surface area contributed by atoms with Crippen molar-refractivity contribution in [2.75, 3.05) is 26.2 Å². The Kier molecular flexibility index (Phi) is 8.12. The number of carbonyl (C=O) groups is 1. The molecule has 2 aliphatic heterocycles. The summed E-state index contributed by atoms with van der Waals surface area (Å²) in [5.41, 5.74) is 7.43. The molecule has 0 saturated carbocycles. The maximum atomic E-state index is 11.7. The number of ether oxygens (including phenoxy) is 1. The van der Waals surface area contributed by atoms with E-state index in [9.17, 15) is 4.79 Å². The van der Waals surface area contributed by atoms with Crippen molar-refractivity contribution in [3.8, 4) is 17.2 Å². The molecule has 0 radical (unpaired) electrons. The minimum atomic E-state index is -0.0343. The number of hydrogen-bond donors (Lipinski definition) is 1. The van der Waals surface area contributed by atoms with Gasteiger partial charge in [-0.05, 0) is 80.6 Å². The molecule has 1 amide bonds. The SMILES string of the molecule is CCCC1(CC)CCN(CCOc2ccc(-c3nc4ccc(C5=NNC(=O)CC5CC)cc4o3)cc2)CC1. The fourth-order valence-electron chi connectivity index (χ4n) is 5.97. The number of oxazole rings is 1. The molecule has 1 N–H and O–H groups in total. The van der Waals surface area contributed by atoms with Gasteiger partial charge in [-0.3, -0.25) is 9.69 Å². The van der Waals surface area contributed by atoms with E-state index in [1.165, 1.54) is 45.2 Å². The van der Waals surface area contributed by atoms with Crippen LogP contribution in [-0.4, -0.2) is 47.7 Å². The van der Waals surface area contributed by atoms with Crippen LogP contribution in [0.4, 0.5) is 0 Å². The summed E-state index contributed by atoms with van der Waals surface area (Å²) in [6, 6.07) is 13.9. The van der Waals surface area contributed by atoms with Gasteiger partial charge >= 0.3 is 0 Å². The van der Waals surface area contributed by atoms with Gasteiger partial charge in [0.05, 0.1) is 5.71 Å².